The predicted octanol–water partition coefficient (Wildman–Crippen LogP) is 1.65. The van der Waals surface area contributed by atoms with Crippen LogP contribution in [-0.4, -0.2) is 19.0 Å². The summed E-state index contributed by atoms with van der Waals surface area (Å²) in [4.78, 5) is 11.9. The Kier molecular flexibility index (Phi) is 3.48. The Morgan fingerprint density at radius 2 is 2.18 bits per heavy atom. The molecule has 17 heavy (non-hydrogen) atoms. The highest BCUT2D eigenvalue weighted by Gasteiger charge is 2.44. The molecule has 0 bridgehead atoms. The predicted molar refractivity (Wildman–Crippen MR) is 68.6 cm³/mol. The molecule has 3 N–H and O–H groups in total. The van der Waals surface area contributed by atoms with E-state index in [0.29, 0.717) is 0 Å². The standard InChI is InChI=1S/C14H20N2O/c1-2-14(13(15)17)8-9-16-10-12(14)11-6-4-3-5-7-11/h3-7,12,16H,2,8-10H2,1H3,(H2,15,17). The molecule has 2 unspecified atom stereocenters. The van der Waals surface area contributed by atoms with Crippen LogP contribution in [0.1, 0.15) is 31.2 Å². The van der Waals surface area contributed by atoms with Gasteiger partial charge in [0.1, 0.15) is 0 Å². The van der Waals surface area contributed by atoms with E-state index < -0.39 is 0 Å². The SMILES string of the molecule is CCC1(C(N)=O)CCNCC1c1ccccc1. The summed E-state index contributed by atoms with van der Waals surface area (Å²) in [6.45, 7) is 3.77. The van der Waals surface area contributed by atoms with Crippen LogP contribution in [0.5, 0.6) is 0 Å². The van der Waals surface area contributed by atoms with Gasteiger partial charge in [0.05, 0.1) is 5.41 Å². The molecule has 0 spiro atoms. The molecule has 1 aliphatic heterocycles. The molecule has 1 amide bonds. The molecule has 2 atom stereocenters. The Hall–Kier alpha value is -1.35. The second-order valence-corrected chi connectivity index (χ2v) is 4.79. The first-order valence-electron chi connectivity index (χ1n) is 6.26. The molecular formula is C14H20N2O. The number of carbonyl (C=O) groups is 1. The molecule has 3 heteroatoms. The average molecular weight is 232 g/mol. The van der Waals surface area contributed by atoms with E-state index in [4.69, 9.17) is 5.73 Å². The molecule has 92 valence electrons. The Bertz CT molecular complexity index is 390. The third-order valence-electron chi connectivity index (χ3n) is 4.09. The normalized spacial score (nSPS) is 28.9. The lowest BCUT2D eigenvalue weighted by Gasteiger charge is -2.42. The van der Waals surface area contributed by atoms with Gasteiger partial charge in [0, 0.05) is 12.5 Å². The fourth-order valence-electron chi connectivity index (χ4n) is 2.94. The second kappa shape index (κ2) is 4.88. The van der Waals surface area contributed by atoms with Gasteiger partial charge in [-0.1, -0.05) is 37.3 Å². The van der Waals surface area contributed by atoms with Crippen LogP contribution < -0.4 is 11.1 Å². The van der Waals surface area contributed by atoms with Crippen LogP contribution in [0.4, 0.5) is 0 Å². The summed E-state index contributed by atoms with van der Waals surface area (Å²) >= 11 is 0. The van der Waals surface area contributed by atoms with Gasteiger partial charge in [-0.3, -0.25) is 4.79 Å². The van der Waals surface area contributed by atoms with Gasteiger partial charge < -0.3 is 11.1 Å². The smallest absolute Gasteiger partial charge is 0.224 e. The zero-order valence-corrected chi connectivity index (χ0v) is 10.3. The monoisotopic (exact) mass is 232 g/mol. The fraction of sp³-hybridized carbons (Fsp3) is 0.500. The van der Waals surface area contributed by atoms with Gasteiger partial charge in [-0.15, -0.1) is 0 Å². The van der Waals surface area contributed by atoms with Crippen LogP contribution in [0, 0.1) is 5.41 Å². The molecule has 3 nitrogen and oxygen atoms in total. The summed E-state index contributed by atoms with van der Waals surface area (Å²) in [5.74, 6) is 0.0373. The fourth-order valence-corrected chi connectivity index (χ4v) is 2.94. The van der Waals surface area contributed by atoms with Crippen molar-refractivity contribution in [3.63, 3.8) is 0 Å². The molecule has 2 rings (SSSR count). The molecule has 1 saturated heterocycles. The number of hydrogen-bond donors (Lipinski definition) is 2. The maximum atomic E-state index is 11.9. The maximum Gasteiger partial charge on any atom is 0.224 e. The van der Waals surface area contributed by atoms with Crippen molar-refractivity contribution in [2.75, 3.05) is 13.1 Å². The van der Waals surface area contributed by atoms with Crippen molar-refractivity contribution in [2.24, 2.45) is 11.1 Å². The lowest BCUT2D eigenvalue weighted by atomic mass is 9.66. The van der Waals surface area contributed by atoms with Gasteiger partial charge in [-0.2, -0.15) is 0 Å². The van der Waals surface area contributed by atoms with Crippen LogP contribution in [0.15, 0.2) is 30.3 Å². The number of piperidine rings is 1. The van der Waals surface area contributed by atoms with E-state index in [9.17, 15) is 4.79 Å². The first kappa shape index (κ1) is 12.1. The second-order valence-electron chi connectivity index (χ2n) is 4.79. The molecule has 1 aliphatic rings. The van der Waals surface area contributed by atoms with E-state index in [-0.39, 0.29) is 17.2 Å². The maximum absolute atomic E-state index is 11.9. The Labute approximate surface area is 102 Å². The molecule has 1 heterocycles. The highest BCUT2D eigenvalue weighted by atomic mass is 16.1. The number of primary amides is 1. The van der Waals surface area contributed by atoms with Crippen molar-refractivity contribution < 1.29 is 4.79 Å². The largest absolute Gasteiger partial charge is 0.369 e. The minimum atomic E-state index is -0.382. The van der Waals surface area contributed by atoms with Gasteiger partial charge in [0.25, 0.3) is 0 Å². The number of nitrogens with one attached hydrogen (secondary N) is 1. The average Bonchev–Trinajstić information content (AvgIpc) is 2.39. The summed E-state index contributed by atoms with van der Waals surface area (Å²) < 4.78 is 0. The molecule has 0 radical (unpaired) electrons. The minimum Gasteiger partial charge on any atom is -0.369 e. The van der Waals surface area contributed by atoms with E-state index in [1.54, 1.807) is 0 Å². The van der Waals surface area contributed by atoms with Crippen LogP contribution in [-0.2, 0) is 4.79 Å². The number of benzene rings is 1. The molecule has 1 aromatic rings. The number of carbonyl (C=O) groups excluding carboxylic acids is 1. The van der Waals surface area contributed by atoms with Crippen LogP contribution >= 0.6 is 0 Å². The van der Waals surface area contributed by atoms with Gasteiger partial charge in [0.15, 0.2) is 0 Å². The van der Waals surface area contributed by atoms with Crippen molar-refractivity contribution in [3.8, 4) is 0 Å². The summed E-state index contributed by atoms with van der Waals surface area (Å²) in [5.41, 5.74) is 6.50. The van der Waals surface area contributed by atoms with Gasteiger partial charge >= 0.3 is 0 Å². The Morgan fingerprint density at radius 1 is 1.47 bits per heavy atom. The third kappa shape index (κ3) is 2.07. The van der Waals surface area contributed by atoms with Crippen molar-refractivity contribution >= 4 is 5.91 Å². The van der Waals surface area contributed by atoms with Crippen molar-refractivity contribution in [2.45, 2.75) is 25.7 Å². The van der Waals surface area contributed by atoms with E-state index in [0.717, 1.165) is 25.9 Å². The Balaban J connectivity index is 2.38. The summed E-state index contributed by atoms with van der Waals surface area (Å²) in [6.07, 6.45) is 1.64. The van der Waals surface area contributed by atoms with Crippen LogP contribution in [0.3, 0.4) is 0 Å². The molecule has 1 aromatic carbocycles. The molecule has 0 aliphatic carbocycles. The lowest BCUT2D eigenvalue weighted by Crippen LogP contribution is -2.50. The quantitative estimate of drug-likeness (QED) is 0.832. The highest BCUT2D eigenvalue weighted by molar-refractivity contribution is 5.82. The number of nitrogens with two attached hydrogens (primary N) is 1. The van der Waals surface area contributed by atoms with E-state index in [1.807, 2.05) is 18.2 Å². The minimum absolute atomic E-state index is 0.157. The topological polar surface area (TPSA) is 55.1 Å². The number of amides is 1. The van der Waals surface area contributed by atoms with E-state index >= 15 is 0 Å². The van der Waals surface area contributed by atoms with E-state index in [2.05, 4.69) is 24.4 Å². The van der Waals surface area contributed by atoms with E-state index in [1.165, 1.54) is 5.56 Å². The number of rotatable bonds is 3. The van der Waals surface area contributed by atoms with Crippen molar-refractivity contribution in [1.82, 2.24) is 5.32 Å². The first-order chi connectivity index (χ1) is 8.20. The van der Waals surface area contributed by atoms with Crippen LogP contribution in [0.25, 0.3) is 0 Å². The molecular weight excluding hydrogens is 212 g/mol. The zero-order chi connectivity index (χ0) is 12.3. The van der Waals surface area contributed by atoms with Crippen LogP contribution in [0.2, 0.25) is 0 Å². The highest BCUT2D eigenvalue weighted by Crippen LogP contribution is 2.43. The lowest BCUT2D eigenvalue weighted by molar-refractivity contribution is -0.130. The molecule has 1 fully saturated rings. The van der Waals surface area contributed by atoms with Gasteiger partial charge in [-0.25, -0.2) is 0 Å². The zero-order valence-electron chi connectivity index (χ0n) is 10.3. The first-order valence-corrected chi connectivity index (χ1v) is 6.26. The third-order valence-corrected chi connectivity index (χ3v) is 4.09. The van der Waals surface area contributed by atoms with Gasteiger partial charge in [0.2, 0.25) is 5.91 Å². The summed E-state index contributed by atoms with van der Waals surface area (Å²) in [5, 5.41) is 3.37. The van der Waals surface area contributed by atoms with Gasteiger partial charge in [-0.05, 0) is 24.9 Å². The summed E-state index contributed by atoms with van der Waals surface area (Å²) in [6, 6.07) is 10.2. The Morgan fingerprint density at radius 3 is 2.76 bits per heavy atom. The van der Waals surface area contributed by atoms with Crippen molar-refractivity contribution in [3.05, 3.63) is 35.9 Å². The summed E-state index contributed by atoms with van der Waals surface area (Å²) in [7, 11) is 0. The molecule has 0 aromatic heterocycles. The molecule has 0 saturated carbocycles. The number of hydrogen-bond acceptors (Lipinski definition) is 2. The van der Waals surface area contributed by atoms with Crippen molar-refractivity contribution in [1.29, 1.82) is 0 Å².